The van der Waals surface area contributed by atoms with E-state index in [1.165, 1.54) is 4.57 Å². The summed E-state index contributed by atoms with van der Waals surface area (Å²) in [6.07, 6.45) is 0. The molecular weight excluding hydrogens is 406 g/mol. The number of hydrogen-bond donors (Lipinski definition) is 2. The summed E-state index contributed by atoms with van der Waals surface area (Å²) in [7, 11) is 1.64. The fraction of sp³-hybridized carbons (Fsp3) is 0.238. The Morgan fingerprint density at radius 2 is 1.59 bits per heavy atom. The van der Waals surface area contributed by atoms with Crippen LogP contribution in [0.25, 0.3) is 10.9 Å². The summed E-state index contributed by atoms with van der Waals surface area (Å²) in [5, 5.41) is 11.0. The molecule has 5 nitrogen and oxygen atoms in total. The fourth-order valence-corrected chi connectivity index (χ4v) is 2.81. The minimum absolute atomic E-state index is 0.00181. The summed E-state index contributed by atoms with van der Waals surface area (Å²) >= 11 is 3.38. The second-order valence-corrected chi connectivity index (χ2v) is 5.91. The zero-order chi connectivity index (χ0) is 20.6. The SMILES string of the molecule is CC.CC.Cn1c(=O)c(C(N)=Nc2ccccc2Br)c(O)c2ccccc21. The van der Waals surface area contributed by atoms with Crippen molar-refractivity contribution in [2.75, 3.05) is 0 Å². The highest BCUT2D eigenvalue weighted by Crippen LogP contribution is 2.28. The molecule has 1 heterocycles. The first-order valence-electron chi connectivity index (χ1n) is 8.90. The normalized spacial score (nSPS) is 10.5. The number of benzene rings is 2. The minimum Gasteiger partial charge on any atom is -0.506 e. The molecule has 1 aromatic heterocycles. The van der Waals surface area contributed by atoms with Crippen LogP contribution in [0.1, 0.15) is 33.3 Å². The monoisotopic (exact) mass is 431 g/mol. The van der Waals surface area contributed by atoms with Gasteiger partial charge in [0.25, 0.3) is 5.56 Å². The van der Waals surface area contributed by atoms with E-state index in [4.69, 9.17) is 5.73 Å². The van der Waals surface area contributed by atoms with Crippen molar-refractivity contribution in [3.05, 3.63) is 68.9 Å². The summed E-state index contributed by atoms with van der Waals surface area (Å²) in [6.45, 7) is 8.00. The number of aliphatic imine (C=N–C) groups is 1. The molecule has 3 N–H and O–H groups in total. The van der Waals surface area contributed by atoms with Crippen molar-refractivity contribution in [1.82, 2.24) is 4.57 Å². The van der Waals surface area contributed by atoms with E-state index < -0.39 is 5.56 Å². The quantitative estimate of drug-likeness (QED) is 0.437. The van der Waals surface area contributed by atoms with Crippen LogP contribution in [-0.4, -0.2) is 15.5 Å². The lowest BCUT2D eigenvalue weighted by Crippen LogP contribution is -2.29. The molecule has 0 unspecified atom stereocenters. The number of nitrogens with two attached hydrogens (primary N) is 1. The number of aromatic nitrogens is 1. The van der Waals surface area contributed by atoms with Crippen molar-refractivity contribution in [3.8, 4) is 5.75 Å². The van der Waals surface area contributed by atoms with E-state index in [0.717, 1.165) is 4.47 Å². The lowest BCUT2D eigenvalue weighted by atomic mass is 10.1. The first-order chi connectivity index (χ1) is 13.0. The molecule has 0 saturated heterocycles. The van der Waals surface area contributed by atoms with Crippen LogP contribution in [0.2, 0.25) is 0 Å². The number of fused-ring (bicyclic) bond motifs is 1. The van der Waals surface area contributed by atoms with Crippen LogP contribution in [0.4, 0.5) is 5.69 Å². The van der Waals surface area contributed by atoms with Crippen LogP contribution >= 0.6 is 15.9 Å². The maximum atomic E-state index is 12.6. The molecule has 0 fully saturated rings. The summed E-state index contributed by atoms with van der Waals surface area (Å²) in [6, 6.07) is 14.3. The summed E-state index contributed by atoms with van der Waals surface area (Å²) < 4.78 is 2.20. The van der Waals surface area contributed by atoms with Crippen molar-refractivity contribution in [2.45, 2.75) is 27.7 Å². The largest absolute Gasteiger partial charge is 0.506 e. The number of hydrogen-bond acceptors (Lipinski definition) is 3. The molecule has 0 spiro atoms. The summed E-state index contributed by atoms with van der Waals surface area (Å²) in [5.41, 5.74) is 6.84. The Morgan fingerprint density at radius 1 is 1.04 bits per heavy atom. The van der Waals surface area contributed by atoms with Crippen LogP contribution in [0.5, 0.6) is 5.75 Å². The van der Waals surface area contributed by atoms with Crippen molar-refractivity contribution < 1.29 is 5.11 Å². The average Bonchev–Trinajstić information content (AvgIpc) is 2.71. The van der Waals surface area contributed by atoms with E-state index in [1.54, 1.807) is 37.4 Å². The first kappa shape index (κ1) is 22.4. The molecular formula is C21H26BrN3O2. The van der Waals surface area contributed by atoms with Gasteiger partial charge < -0.3 is 15.4 Å². The standard InChI is InChI=1S/C17H14BrN3O2.2C2H6/c1-21-13-9-5-2-6-10(13)15(22)14(17(21)23)16(19)20-12-8-4-3-7-11(12)18;2*1-2/h2-9,22H,1H3,(H2,19,20);2*1-2H3. The van der Waals surface area contributed by atoms with E-state index in [1.807, 2.05) is 45.9 Å². The Hall–Kier alpha value is -2.60. The Kier molecular flexibility index (Phi) is 8.75. The Balaban J connectivity index is 0.000000855. The van der Waals surface area contributed by atoms with Gasteiger partial charge in [-0.25, -0.2) is 4.99 Å². The topological polar surface area (TPSA) is 80.6 Å². The molecule has 0 aliphatic carbocycles. The Morgan fingerprint density at radius 3 is 2.22 bits per heavy atom. The van der Waals surface area contributed by atoms with Gasteiger partial charge in [-0.15, -0.1) is 0 Å². The maximum absolute atomic E-state index is 12.6. The van der Waals surface area contributed by atoms with Gasteiger partial charge in [0.05, 0.1) is 11.2 Å². The van der Waals surface area contributed by atoms with Gasteiger partial charge in [-0.2, -0.15) is 0 Å². The lowest BCUT2D eigenvalue weighted by Gasteiger charge is -2.11. The molecule has 0 saturated carbocycles. The smallest absolute Gasteiger partial charge is 0.265 e. The van der Waals surface area contributed by atoms with Gasteiger partial charge in [0.2, 0.25) is 0 Å². The second kappa shape index (κ2) is 10.5. The molecule has 6 heteroatoms. The number of amidine groups is 1. The third-order valence-electron chi connectivity index (χ3n) is 3.63. The molecule has 3 aromatic rings. The van der Waals surface area contributed by atoms with Crippen molar-refractivity contribution >= 4 is 38.4 Å². The van der Waals surface area contributed by atoms with Crippen molar-refractivity contribution in [1.29, 1.82) is 0 Å². The van der Waals surface area contributed by atoms with Crippen molar-refractivity contribution in [2.24, 2.45) is 17.8 Å². The lowest BCUT2D eigenvalue weighted by molar-refractivity contribution is 0.478. The van der Waals surface area contributed by atoms with Crippen molar-refractivity contribution in [3.63, 3.8) is 0 Å². The van der Waals surface area contributed by atoms with E-state index in [-0.39, 0.29) is 17.1 Å². The van der Waals surface area contributed by atoms with Gasteiger partial charge in [0.15, 0.2) is 0 Å². The van der Waals surface area contributed by atoms with Crippen LogP contribution in [-0.2, 0) is 7.05 Å². The number of halogens is 1. The zero-order valence-corrected chi connectivity index (χ0v) is 17.9. The molecule has 27 heavy (non-hydrogen) atoms. The molecule has 0 bridgehead atoms. The Bertz CT molecular complexity index is 994. The highest BCUT2D eigenvalue weighted by molar-refractivity contribution is 9.10. The molecule has 144 valence electrons. The molecule has 2 aromatic carbocycles. The molecule has 0 aliphatic heterocycles. The Labute approximate surface area is 168 Å². The highest BCUT2D eigenvalue weighted by Gasteiger charge is 2.17. The number of rotatable bonds is 2. The van der Waals surface area contributed by atoms with Crippen LogP contribution in [0, 0.1) is 0 Å². The second-order valence-electron chi connectivity index (χ2n) is 5.05. The maximum Gasteiger partial charge on any atom is 0.265 e. The van der Waals surface area contributed by atoms with E-state index in [2.05, 4.69) is 20.9 Å². The van der Waals surface area contributed by atoms with E-state index >= 15 is 0 Å². The van der Waals surface area contributed by atoms with Gasteiger partial charge >= 0.3 is 0 Å². The number of aryl methyl sites for hydroxylation is 1. The predicted octanol–water partition coefficient (Wildman–Crippen LogP) is 5.10. The highest BCUT2D eigenvalue weighted by atomic mass is 79.9. The van der Waals surface area contributed by atoms with Gasteiger partial charge in [-0.3, -0.25) is 4.79 Å². The van der Waals surface area contributed by atoms with Gasteiger partial charge in [-0.05, 0) is 40.2 Å². The zero-order valence-electron chi connectivity index (χ0n) is 16.3. The minimum atomic E-state index is -0.394. The van der Waals surface area contributed by atoms with Gasteiger partial charge in [0, 0.05) is 16.9 Å². The number of aromatic hydroxyl groups is 1. The molecule has 0 atom stereocenters. The summed E-state index contributed by atoms with van der Waals surface area (Å²) in [5.74, 6) is -0.183. The number of pyridine rings is 1. The third-order valence-corrected chi connectivity index (χ3v) is 4.30. The average molecular weight is 432 g/mol. The van der Waals surface area contributed by atoms with Crippen LogP contribution < -0.4 is 11.3 Å². The predicted molar refractivity (Wildman–Crippen MR) is 118 cm³/mol. The number of para-hydroxylation sites is 2. The van der Waals surface area contributed by atoms with Gasteiger partial charge in [0.1, 0.15) is 17.1 Å². The van der Waals surface area contributed by atoms with Crippen LogP contribution in [0.15, 0.2) is 62.8 Å². The molecule has 0 aliphatic rings. The third kappa shape index (κ3) is 4.77. The summed E-state index contributed by atoms with van der Waals surface area (Å²) in [4.78, 5) is 16.8. The van der Waals surface area contributed by atoms with E-state index in [9.17, 15) is 9.90 Å². The molecule has 3 rings (SSSR count). The van der Waals surface area contributed by atoms with Gasteiger partial charge in [-0.1, -0.05) is 52.0 Å². The molecule has 0 amide bonds. The fourth-order valence-electron chi connectivity index (χ4n) is 2.44. The first-order valence-corrected chi connectivity index (χ1v) is 9.69. The van der Waals surface area contributed by atoms with Crippen LogP contribution in [0.3, 0.4) is 0 Å². The van der Waals surface area contributed by atoms with E-state index in [0.29, 0.717) is 16.6 Å². The number of nitrogens with zero attached hydrogens (tertiary/aromatic N) is 2. The molecule has 0 radical (unpaired) electrons.